The second-order valence-corrected chi connectivity index (χ2v) is 12.6. The molecule has 0 saturated heterocycles. The van der Waals surface area contributed by atoms with Crippen LogP contribution < -0.4 is 16.1 Å². The average Bonchev–Trinajstić information content (AvgIpc) is 3.62. The predicted molar refractivity (Wildman–Crippen MR) is 164 cm³/mol. The standard InChI is InChI=1S/C31H34ClF5N6O3/c1-6-11-42(39-5)23-12-18(7-8-22(23)32)24(16-46-27(45)41-29(4)9-10-29)43-25(44)30(40-26(43)38,17-28(2,3)31(35,36)37)19-13-20(33)15-21(34)14-19/h6-8,11-15,24H,5,9-10,16-17H2,1-4H3,(H2,38,40)(H,41,45)/b11-6-/t24-,30-/m1/s1. The quantitative estimate of drug-likeness (QED) is 0.153. The van der Waals surface area contributed by atoms with Crippen molar-refractivity contribution < 1.29 is 36.3 Å². The molecule has 15 heteroatoms. The van der Waals surface area contributed by atoms with E-state index in [1.165, 1.54) is 23.2 Å². The molecule has 0 spiro atoms. The molecule has 0 unspecified atom stereocenters. The van der Waals surface area contributed by atoms with Gasteiger partial charge in [-0.15, -0.1) is 0 Å². The van der Waals surface area contributed by atoms with E-state index < -0.39 is 76.9 Å². The lowest BCUT2D eigenvalue weighted by atomic mass is 9.74. The summed E-state index contributed by atoms with van der Waals surface area (Å²) >= 11 is 6.44. The summed E-state index contributed by atoms with van der Waals surface area (Å²) in [7, 11) is 0. The molecule has 248 valence electrons. The third kappa shape index (κ3) is 6.96. The van der Waals surface area contributed by atoms with Gasteiger partial charge in [-0.25, -0.2) is 23.6 Å². The van der Waals surface area contributed by atoms with E-state index in [-0.39, 0.29) is 10.6 Å². The highest BCUT2D eigenvalue weighted by atomic mass is 35.5. The number of amides is 2. The number of hydrogen-bond acceptors (Lipinski definition) is 7. The molecular weight excluding hydrogens is 635 g/mol. The van der Waals surface area contributed by atoms with Crippen LogP contribution in [0.25, 0.3) is 0 Å². The van der Waals surface area contributed by atoms with Crippen LogP contribution >= 0.6 is 11.6 Å². The number of nitrogens with two attached hydrogens (primary N) is 1. The summed E-state index contributed by atoms with van der Waals surface area (Å²) in [6.07, 6.45) is -2.03. The predicted octanol–water partition coefficient (Wildman–Crippen LogP) is 6.92. The number of nitrogens with zero attached hydrogens (tertiary/aromatic N) is 4. The number of anilines is 1. The lowest BCUT2D eigenvalue weighted by Crippen LogP contribution is -2.49. The number of alkyl halides is 3. The Balaban J connectivity index is 1.86. The highest BCUT2D eigenvalue weighted by Gasteiger charge is 2.59. The summed E-state index contributed by atoms with van der Waals surface area (Å²) in [6.45, 7) is 8.23. The van der Waals surface area contributed by atoms with Crippen LogP contribution in [0.15, 0.2) is 58.8 Å². The summed E-state index contributed by atoms with van der Waals surface area (Å²) in [6, 6.07) is 5.21. The van der Waals surface area contributed by atoms with E-state index in [0.29, 0.717) is 11.8 Å². The molecule has 1 aliphatic carbocycles. The Morgan fingerprint density at radius 1 is 1.24 bits per heavy atom. The van der Waals surface area contributed by atoms with Crippen molar-refractivity contribution in [2.24, 2.45) is 21.2 Å². The molecule has 0 bridgehead atoms. The maximum Gasteiger partial charge on any atom is 0.407 e. The number of aliphatic imine (C=N–C) groups is 1. The number of allylic oxidation sites excluding steroid dienone is 1. The fraction of sp³-hybridized carbons (Fsp3) is 0.419. The first-order valence-corrected chi connectivity index (χ1v) is 14.6. The van der Waals surface area contributed by atoms with E-state index in [9.17, 15) is 31.5 Å². The Morgan fingerprint density at radius 3 is 2.41 bits per heavy atom. The lowest BCUT2D eigenvalue weighted by Gasteiger charge is -2.37. The van der Waals surface area contributed by atoms with E-state index in [0.717, 1.165) is 43.7 Å². The number of benzene rings is 2. The topological polar surface area (TPSA) is 113 Å². The number of carbonyl (C=O) groups excluding carboxylic acids is 2. The normalized spacial score (nSPS) is 20.0. The van der Waals surface area contributed by atoms with Crippen LogP contribution in [0.2, 0.25) is 5.02 Å². The minimum absolute atomic E-state index is 0.221. The van der Waals surface area contributed by atoms with Crippen molar-refractivity contribution in [3.05, 3.63) is 76.5 Å². The third-order valence-corrected chi connectivity index (χ3v) is 8.38. The molecule has 2 aromatic rings. The molecule has 3 N–H and O–H groups in total. The molecule has 4 rings (SSSR count). The molecule has 46 heavy (non-hydrogen) atoms. The number of alkyl carbamates (subject to hydrolysis) is 1. The van der Waals surface area contributed by atoms with E-state index in [1.54, 1.807) is 19.2 Å². The first kappa shape index (κ1) is 34.7. The Bertz CT molecular complexity index is 1570. The molecule has 9 nitrogen and oxygen atoms in total. The summed E-state index contributed by atoms with van der Waals surface area (Å²) in [5, 5.41) is 8.19. The summed E-state index contributed by atoms with van der Waals surface area (Å²) < 4.78 is 77.2. The molecule has 2 atom stereocenters. The molecule has 2 aliphatic rings. The highest BCUT2D eigenvalue weighted by Crippen LogP contribution is 2.51. The minimum Gasteiger partial charge on any atom is -0.447 e. The van der Waals surface area contributed by atoms with Crippen molar-refractivity contribution in [2.75, 3.05) is 11.6 Å². The molecule has 0 aromatic heterocycles. The zero-order chi connectivity index (χ0) is 34.2. The van der Waals surface area contributed by atoms with E-state index >= 15 is 0 Å². The fourth-order valence-corrected chi connectivity index (χ4v) is 5.37. The summed E-state index contributed by atoms with van der Waals surface area (Å²) in [4.78, 5) is 32.3. The lowest BCUT2D eigenvalue weighted by molar-refractivity contribution is -0.218. The van der Waals surface area contributed by atoms with Gasteiger partial charge >= 0.3 is 12.3 Å². The zero-order valence-electron chi connectivity index (χ0n) is 25.6. The van der Waals surface area contributed by atoms with Gasteiger partial charge in [0.25, 0.3) is 5.91 Å². The first-order valence-electron chi connectivity index (χ1n) is 14.2. The molecule has 2 amide bonds. The number of hydrogen-bond donors (Lipinski definition) is 2. The number of ether oxygens (including phenoxy) is 1. The van der Waals surface area contributed by atoms with Gasteiger partial charge in [0, 0.05) is 24.5 Å². The van der Waals surface area contributed by atoms with Crippen LogP contribution in [0.1, 0.15) is 64.1 Å². The zero-order valence-corrected chi connectivity index (χ0v) is 26.3. The fourth-order valence-electron chi connectivity index (χ4n) is 5.17. The Kier molecular flexibility index (Phi) is 9.45. The van der Waals surface area contributed by atoms with Gasteiger partial charge < -0.3 is 15.8 Å². The van der Waals surface area contributed by atoms with Crippen molar-refractivity contribution in [1.29, 1.82) is 0 Å². The van der Waals surface area contributed by atoms with Crippen molar-refractivity contribution in [3.63, 3.8) is 0 Å². The minimum atomic E-state index is -4.84. The maximum absolute atomic E-state index is 14.5. The number of nitrogens with one attached hydrogen (secondary N) is 1. The SMILES string of the molecule is C=NN(/C=C\C)c1cc([C@@H](COC(=O)NC2(C)CC2)N2C(=O)[C@@](CC(C)(C)C(F)(F)F)(c3cc(F)cc(F)c3)N=C2N)ccc1Cl. The van der Waals surface area contributed by atoms with Gasteiger partial charge in [-0.2, -0.15) is 18.3 Å². The Morgan fingerprint density at radius 2 is 1.87 bits per heavy atom. The van der Waals surface area contributed by atoms with Crippen LogP contribution in [0.5, 0.6) is 0 Å². The van der Waals surface area contributed by atoms with E-state index in [2.05, 4.69) is 22.1 Å². The van der Waals surface area contributed by atoms with Crippen LogP contribution in [0.3, 0.4) is 0 Å². The van der Waals surface area contributed by atoms with Gasteiger partial charge in [-0.3, -0.25) is 9.69 Å². The molecule has 2 aromatic carbocycles. The van der Waals surface area contributed by atoms with E-state index in [1.807, 2.05) is 6.92 Å². The van der Waals surface area contributed by atoms with Crippen LogP contribution in [-0.2, 0) is 15.1 Å². The molecule has 1 heterocycles. The molecule has 1 aliphatic heterocycles. The Hall–Kier alpha value is -4.20. The van der Waals surface area contributed by atoms with Gasteiger partial charge in [0.05, 0.1) is 22.2 Å². The van der Waals surface area contributed by atoms with Gasteiger partial charge in [0.2, 0.25) is 0 Å². The number of hydrazone groups is 1. The molecule has 0 radical (unpaired) electrons. The number of halogens is 6. The van der Waals surface area contributed by atoms with Gasteiger partial charge in [0.15, 0.2) is 11.5 Å². The van der Waals surface area contributed by atoms with Crippen molar-refractivity contribution >= 4 is 42.0 Å². The summed E-state index contributed by atoms with van der Waals surface area (Å²) in [5.41, 5.74) is 0.871. The largest absolute Gasteiger partial charge is 0.447 e. The highest BCUT2D eigenvalue weighted by molar-refractivity contribution is 6.33. The smallest absolute Gasteiger partial charge is 0.407 e. The van der Waals surface area contributed by atoms with Crippen molar-refractivity contribution in [1.82, 2.24) is 10.2 Å². The van der Waals surface area contributed by atoms with Crippen LogP contribution in [0.4, 0.5) is 32.4 Å². The van der Waals surface area contributed by atoms with Gasteiger partial charge in [-0.1, -0.05) is 37.6 Å². The molecule has 1 saturated carbocycles. The van der Waals surface area contributed by atoms with Crippen molar-refractivity contribution in [3.8, 4) is 0 Å². The van der Waals surface area contributed by atoms with Gasteiger partial charge in [-0.05, 0) is 68.5 Å². The molecular formula is C31H34ClF5N6O3. The number of carbonyl (C=O) groups is 2. The number of rotatable bonds is 11. The monoisotopic (exact) mass is 668 g/mol. The van der Waals surface area contributed by atoms with Crippen LogP contribution in [-0.4, -0.2) is 47.9 Å². The molecule has 1 fully saturated rings. The Labute approximate surface area is 267 Å². The second kappa shape index (κ2) is 12.5. The number of guanidine groups is 1. The summed E-state index contributed by atoms with van der Waals surface area (Å²) in [5.74, 6) is -3.93. The maximum atomic E-state index is 14.5. The van der Waals surface area contributed by atoms with Gasteiger partial charge in [0.1, 0.15) is 18.2 Å². The third-order valence-electron chi connectivity index (χ3n) is 8.06. The van der Waals surface area contributed by atoms with E-state index in [4.69, 9.17) is 22.1 Å². The first-order chi connectivity index (χ1) is 21.4. The second-order valence-electron chi connectivity index (χ2n) is 12.2. The van der Waals surface area contributed by atoms with Crippen LogP contribution in [0, 0.1) is 17.0 Å². The van der Waals surface area contributed by atoms with Crippen molar-refractivity contribution in [2.45, 2.75) is 70.3 Å². The average molecular weight is 669 g/mol.